The highest BCUT2D eigenvalue weighted by atomic mass is 19.3. The van der Waals surface area contributed by atoms with Gasteiger partial charge in [-0.2, -0.15) is 0 Å². The number of nitrogens with one attached hydrogen (secondary N) is 1. The van der Waals surface area contributed by atoms with Gasteiger partial charge in [0.15, 0.2) is 0 Å². The predicted molar refractivity (Wildman–Crippen MR) is 51.9 cm³/mol. The highest BCUT2D eigenvalue weighted by Gasteiger charge is 2.23. The highest BCUT2D eigenvalue weighted by Crippen LogP contribution is 2.01. The van der Waals surface area contributed by atoms with Crippen LogP contribution >= 0.6 is 0 Å². The number of carbonyl (C=O) groups excluding carboxylic acids is 2. The van der Waals surface area contributed by atoms with Gasteiger partial charge in [-0.25, -0.2) is 13.6 Å². The molecule has 4 N–H and O–H groups in total. The molecule has 0 rings (SSSR count). The Hall–Kier alpha value is -1.44. The van der Waals surface area contributed by atoms with Crippen molar-refractivity contribution in [2.75, 3.05) is 19.7 Å². The fourth-order valence-electron chi connectivity index (χ4n) is 1.13. The number of hydrogen-bond acceptors (Lipinski definition) is 3. The van der Waals surface area contributed by atoms with Gasteiger partial charge in [-0.3, -0.25) is 4.79 Å². The number of nitrogens with two attached hydrogens (primary N) is 1. The van der Waals surface area contributed by atoms with Crippen LogP contribution < -0.4 is 11.1 Å². The summed E-state index contributed by atoms with van der Waals surface area (Å²) in [4.78, 5) is 22.7. The summed E-state index contributed by atoms with van der Waals surface area (Å²) < 4.78 is 24.2. The number of primary amides is 1. The van der Waals surface area contributed by atoms with E-state index in [0.717, 1.165) is 4.90 Å². The Labute approximate surface area is 91.4 Å². The second-order valence-corrected chi connectivity index (χ2v) is 3.13. The van der Waals surface area contributed by atoms with Crippen molar-refractivity contribution in [1.29, 1.82) is 0 Å². The van der Waals surface area contributed by atoms with Gasteiger partial charge in [0.25, 0.3) is 6.43 Å². The zero-order valence-electron chi connectivity index (χ0n) is 8.82. The summed E-state index contributed by atoms with van der Waals surface area (Å²) in [5.41, 5.74) is 4.79. The van der Waals surface area contributed by atoms with Crippen molar-refractivity contribution in [3.8, 4) is 0 Å². The lowest BCUT2D eigenvalue weighted by molar-refractivity contribution is -0.135. The fourth-order valence-corrected chi connectivity index (χ4v) is 1.13. The number of halogens is 2. The van der Waals surface area contributed by atoms with Crippen molar-refractivity contribution in [2.24, 2.45) is 5.73 Å². The number of amides is 3. The van der Waals surface area contributed by atoms with Gasteiger partial charge in [0.05, 0.1) is 13.2 Å². The topological polar surface area (TPSA) is 95.7 Å². The maximum Gasteiger partial charge on any atom is 0.312 e. The van der Waals surface area contributed by atoms with E-state index in [4.69, 9.17) is 10.8 Å². The molecule has 16 heavy (non-hydrogen) atoms. The largest absolute Gasteiger partial charge is 0.395 e. The van der Waals surface area contributed by atoms with Gasteiger partial charge in [-0.05, 0) is 6.92 Å². The predicted octanol–water partition coefficient (Wildman–Crippen LogP) is -0.871. The van der Waals surface area contributed by atoms with E-state index in [1.165, 1.54) is 6.92 Å². The van der Waals surface area contributed by atoms with Crippen LogP contribution in [0.5, 0.6) is 0 Å². The lowest BCUT2D eigenvalue weighted by Crippen LogP contribution is -2.50. The maximum atomic E-state index is 12.1. The summed E-state index contributed by atoms with van der Waals surface area (Å²) in [5.74, 6) is -0.715. The molecule has 0 aromatic rings. The molecule has 0 radical (unpaired) electrons. The zero-order chi connectivity index (χ0) is 12.7. The molecular weight excluding hydrogens is 224 g/mol. The quantitative estimate of drug-likeness (QED) is 0.562. The van der Waals surface area contributed by atoms with Crippen LogP contribution in [0.3, 0.4) is 0 Å². The van der Waals surface area contributed by atoms with Crippen LogP contribution in [0.25, 0.3) is 0 Å². The molecule has 0 aliphatic carbocycles. The second-order valence-electron chi connectivity index (χ2n) is 3.13. The summed E-state index contributed by atoms with van der Waals surface area (Å²) in [6.07, 6.45) is -2.70. The Balaban J connectivity index is 4.40. The van der Waals surface area contributed by atoms with Crippen molar-refractivity contribution in [3.05, 3.63) is 0 Å². The maximum absolute atomic E-state index is 12.1. The third-order valence-corrected chi connectivity index (χ3v) is 1.77. The number of nitrogens with zero attached hydrogens (tertiary/aromatic N) is 1. The standard InChI is InChI=1S/C8H15F2N3O3/c1-5(12-8(11)16)7(15)13(2-3-14)4-6(9)10/h5-6,14H,2-4H2,1H3,(H3,11,12,16). The summed E-state index contributed by atoms with van der Waals surface area (Å²) in [7, 11) is 0. The highest BCUT2D eigenvalue weighted by molar-refractivity contribution is 5.86. The van der Waals surface area contributed by atoms with Crippen LogP contribution in [0.2, 0.25) is 0 Å². The fraction of sp³-hybridized carbons (Fsp3) is 0.750. The van der Waals surface area contributed by atoms with Crippen LogP contribution in [-0.4, -0.2) is 54.1 Å². The molecule has 0 saturated carbocycles. The van der Waals surface area contributed by atoms with Gasteiger partial charge < -0.3 is 21.1 Å². The van der Waals surface area contributed by atoms with E-state index in [1.54, 1.807) is 0 Å². The molecule has 8 heteroatoms. The normalized spacial score (nSPS) is 12.3. The van der Waals surface area contributed by atoms with Crippen LogP contribution in [0.15, 0.2) is 0 Å². The number of aliphatic hydroxyl groups is 1. The summed E-state index contributed by atoms with van der Waals surface area (Å²) >= 11 is 0. The smallest absolute Gasteiger partial charge is 0.312 e. The number of hydrogen-bond donors (Lipinski definition) is 3. The molecule has 0 saturated heterocycles. The van der Waals surface area contributed by atoms with E-state index in [1.807, 2.05) is 0 Å². The third-order valence-electron chi connectivity index (χ3n) is 1.77. The number of aliphatic hydroxyl groups excluding tert-OH is 1. The van der Waals surface area contributed by atoms with E-state index in [2.05, 4.69) is 5.32 Å². The van der Waals surface area contributed by atoms with Gasteiger partial charge >= 0.3 is 6.03 Å². The van der Waals surface area contributed by atoms with Crippen LogP contribution in [0, 0.1) is 0 Å². The molecule has 0 aromatic heterocycles. The first-order valence-corrected chi connectivity index (χ1v) is 4.62. The minimum absolute atomic E-state index is 0.214. The molecule has 0 bridgehead atoms. The molecule has 94 valence electrons. The Morgan fingerprint density at radius 3 is 2.44 bits per heavy atom. The molecule has 0 aliphatic rings. The number of alkyl halides is 2. The minimum Gasteiger partial charge on any atom is -0.395 e. The second kappa shape index (κ2) is 6.94. The molecule has 0 aromatic carbocycles. The first kappa shape index (κ1) is 14.6. The molecule has 6 nitrogen and oxygen atoms in total. The molecule has 3 amide bonds. The van der Waals surface area contributed by atoms with Gasteiger partial charge in [-0.1, -0.05) is 0 Å². The zero-order valence-corrected chi connectivity index (χ0v) is 8.82. The Morgan fingerprint density at radius 2 is 2.06 bits per heavy atom. The number of rotatable bonds is 6. The van der Waals surface area contributed by atoms with Crippen molar-refractivity contribution in [2.45, 2.75) is 19.4 Å². The van der Waals surface area contributed by atoms with E-state index in [-0.39, 0.29) is 6.54 Å². The minimum atomic E-state index is -2.70. The third kappa shape index (κ3) is 5.44. The number of urea groups is 1. The molecule has 0 spiro atoms. The lowest BCUT2D eigenvalue weighted by atomic mass is 10.3. The Kier molecular flexibility index (Phi) is 6.31. The van der Waals surface area contributed by atoms with Crippen LogP contribution in [0.1, 0.15) is 6.92 Å². The monoisotopic (exact) mass is 239 g/mol. The molecule has 0 fully saturated rings. The SMILES string of the molecule is CC(NC(N)=O)C(=O)N(CCO)CC(F)F. The first-order valence-electron chi connectivity index (χ1n) is 4.62. The van der Waals surface area contributed by atoms with Crippen molar-refractivity contribution in [3.63, 3.8) is 0 Å². The van der Waals surface area contributed by atoms with Crippen molar-refractivity contribution in [1.82, 2.24) is 10.2 Å². The van der Waals surface area contributed by atoms with E-state index in [0.29, 0.717) is 0 Å². The van der Waals surface area contributed by atoms with Gasteiger partial charge in [-0.15, -0.1) is 0 Å². The average molecular weight is 239 g/mol. The van der Waals surface area contributed by atoms with Crippen molar-refractivity contribution < 1.29 is 23.5 Å². The lowest BCUT2D eigenvalue weighted by Gasteiger charge is -2.24. The average Bonchev–Trinajstić information content (AvgIpc) is 2.14. The van der Waals surface area contributed by atoms with E-state index < -0.39 is 37.6 Å². The summed E-state index contributed by atoms with van der Waals surface area (Å²) in [6, 6.07) is -1.91. The first-order chi connectivity index (χ1) is 7.38. The van der Waals surface area contributed by atoms with Crippen LogP contribution in [-0.2, 0) is 4.79 Å². The molecule has 1 unspecified atom stereocenters. The van der Waals surface area contributed by atoms with Gasteiger partial charge in [0, 0.05) is 6.54 Å². The summed E-state index contributed by atoms with van der Waals surface area (Å²) in [5, 5.41) is 10.7. The Bertz CT molecular complexity index is 251. The molecule has 0 aliphatic heterocycles. The van der Waals surface area contributed by atoms with Gasteiger partial charge in [0.1, 0.15) is 6.04 Å². The summed E-state index contributed by atoms with van der Waals surface area (Å²) in [6.45, 7) is -0.108. The molecule has 0 heterocycles. The van der Waals surface area contributed by atoms with Gasteiger partial charge in [0.2, 0.25) is 5.91 Å². The molecule has 1 atom stereocenters. The molecular formula is C8H15F2N3O3. The van der Waals surface area contributed by atoms with E-state index >= 15 is 0 Å². The number of carbonyl (C=O) groups is 2. The van der Waals surface area contributed by atoms with E-state index in [9.17, 15) is 18.4 Å². The van der Waals surface area contributed by atoms with Crippen LogP contribution in [0.4, 0.5) is 13.6 Å². The van der Waals surface area contributed by atoms with Crippen molar-refractivity contribution >= 4 is 11.9 Å². The Morgan fingerprint density at radius 1 is 1.50 bits per heavy atom.